The summed E-state index contributed by atoms with van der Waals surface area (Å²) in [5.41, 5.74) is -3.52. The molecule has 3 unspecified atom stereocenters. The van der Waals surface area contributed by atoms with E-state index in [9.17, 15) is 26.7 Å². The van der Waals surface area contributed by atoms with Gasteiger partial charge in [0.1, 0.15) is 5.75 Å². The van der Waals surface area contributed by atoms with Gasteiger partial charge in [0.25, 0.3) is 0 Å². The van der Waals surface area contributed by atoms with Crippen molar-refractivity contribution < 1.29 is 30.9 Å². The van der Waals surface area contributed by atoms with Crippen molar-refractivity contribution in [1.29, 1.82) is 0 Å². The van der Waals surface area contributed by atoms with Gasteiger partial charge in [0.15, 0.2) is 0 Å². The van der Waals surface area contributed by atoms with Crippen LogP contribution in [0.2, 0.25) is 0 Å². The standard InChI is InChI=1S/C19H23F3O4S/c1-18-9-8-14-13-5-3-12(26-27(24,25)19(20,21)22)10-11(13)2-4-15(14)16(18)6-7-17(18)23/h3,5,10,14-17,23H,2,4,6-9H2,1H3/t14-,15?,16+,17?,18?/m1/s1. The molecule has 0 amide bonds. The molecule has 4 rings (SSSR count). The second kappa shape index (κ2) is 6.11. The van der Waals surface area contributed by atoms with Crippen molar-refractivity contribution in [3.05, 3.63) is 29.3 Å². The molecule has 27 heavy (non-hydrogen) atoms. The number of hydrogen-bond acceptors (Lipinski definition) is 4. The smallest absolute Gasteiger partial charge is 0.393 e. The van der Waals surface area contributed by atoms with Crippen LogP contribution in [0.15, 0.2) is 18.2 Å². The van der Waals surface area contributed by atoms with Crippen molar-refractivity contribution in [2.24, 2.45) is 17.3 Å². The summed E-state index contributed by atoms with van der Waals surface area (Å²) in [7, 11) is -5.65. The Kier molecular flexibility index (Phi) is 4.31. The summed E-state index contributed by atoms with van der Waals surface area (Å²) in [5.74, 6) is 0.937. The summed E-state index contributed by atoms with van der Waals surface area (Å²) >= 11 is 0. The third kappa shape index (κ3) is 2.95. The molecule has 1 aromatic rings. The van der Waals surface area contributed by atoms with Crippen molar-refractivity contribution in [3.8, 4) is 5.75 Å². The highest BCUT2D eigenvalue weighted by Gasteiger charge is 2.54. The predicted octanol–water partition coefficient (Wildman–Crippen LogP) is 4.13. The van der Waals surface area contributed by atoms with Crippen LogP contribution in [0, 0.1) is 17.3 Å². The number of fused-ring (bicyclic) bond motifs is 5. The van der Waals surface area contributed by atoms with Gasteiger partial charge in [-0.3, -0.25) is 0 Å². The molecule has 0 saturated heterocycles. The van der Waals surface area contributed by atoms with Gasteiger partial charge in [0.2, 0.25) is 0 Å². The van der Waals surface area contributed by atoms with Crippen LogP contribution in [0.3, 0.4) is 0 Å². The molecule has 150 valence electrons. The van der Waals surface area contributed by atoms with Gasteiger partial charge in [-0.25, -0.2) is 0 Å². The Balaban J connectivity index is 1.60. The van der Waals surface area contributed by atoms with Crippen LogP contribution in [-0.2, 0) is 16.5 Å². The first-order chi connectivity index (χ1) is 12.5. The average molecular weight is 404 g/mol. The molecule has 0 spiro atoms. The Morgan fingerprint density at radius 2 is 1.93 bits per heavy atom. The maximum absolute atomic E-state index is 12.5. The number of alkyl halides is 3. The van der Waals surface area contributed by atoms with Gasteiger partial charge in [-0.05, 0) is 85.0 Å². The van der Waals surface area contributed by atoms with E-state index in [1.54, 1.807) is 6.07 Å². The van der Waals surface area contributed by atoms with Crippen molar-refractivity contribution in [2.75, 3.05) is 0 Å². The van der Waals surface area contributed by atoms with E-state index in [0.717, 1.165) is 43.2 Å². The van der Waals surface area contributed by atoms with Crippen LogP contribution in [0.4, 0.5) is 13.2 Å². The Morgan fingerprint density at radius 3 is 2.63 bits per heavy atom. The molecule has 0 radical (unpaired) electrons. The van der Waals surface area contributed by atoms with Gasteiger partial charge >= 0.3 is 15.6 Å². The Labute approximate surface area is 156 Å². The van der Waals surface area contributed by atoms with Crippen molar-refractivity contribution in [3.63, 3.8) is 0 Å². The first kappa shape index (κ1) is 19.1. The highest BCUT2D eigenvalue weighted by atomic mass is 32.2. The monoisotopic (exact) mass is 404 g/mol. The number of aliphatic hydroxyl groups is 1. The molecular weight excluding hydrogens is 381 g/mol. The van der Waals surface area contributed by atoms with E-state index in [1.807, 2.05) is 0 Å². The molecule has 5 atom stereocenters. The molecule has 4 nitrogen and oxygen atoms in total. The Hall–Kier alpha value is -1.28. The molecule has 2 saturated carbocycles. The third-order valence-corrected chi connectivity index (χ3v) is 8.12. The van der Waals surface area contributed by atoms with Crippen molar-refractivity contribution >= 4 is 10.1 Å². The first-order valence-electron chi connectivity index (χ1n) is 9.34. The number of hydrogen-bond donors (Lipinski definition) is 1. The maximum Gasteiger partial charge on any atom is 0.534 e. The van der Waals surface area contributed by atoms with Gasteiger partial charge in [-0.2, -0.15) is 21.6 Å². The Morgan fingerprint density at radius 1 is 1.19 bits per heavy atom. The topological polar surface area (TPSA) is 63.6 Å². The fourth-order valence-corrected chi connectivity index (χ4v) is 6.21. The van der Waals surface area contributed by atoms with Crippen molar-refractivity contribution in [1.82, 2.24) is 0 Å². The van der Waals surface area contributed by atoms with E-state index in [2.05, 4.69) is 11.1 Å². The van der Waals surface area contributed by atoms with E-state index in [-0.39, 0.29) is 17.3 Å². The summed E-state index contributed by atoms with van der Waals surface area (Å²) in [6.45, 7) is 2.18. The van der Waals surface area contributed by atoms with Gasteiger partial charge in [0.05, 0.1) is 6.10 Å². The van der Waals surface area contributed by atoms with Crippen LogP contribution in [-0.4, -0.2) is 25.1 Å². The van der Waals surface area contributed by atoms with Gasteiger partial charge < -0.3 is 9.29 Å². The molecule has 2 fully saturated rings. The fraction of sp³-hybridized carbons (Fsp3) is 0.684. The summed E-state index contributed by atoms with van der Waals surface area (Å²) in [6, 6.07) is 4.48. The summed E-state index contributed by atoms with van der Waals surface area (Å²) in [6.07, 6.45) is 5.04. The van der Waals surface area contributed by atoms with Crippen LogP contribution >= 0.6 is 0 Å². The zero-order chi connectivity index (χ0) is 19.6. The maximum atomic E-state index is 12.5. The van der Waals surface area contributed by atoms with Gasteiger partial charge in [0, 0.05) is 0 Å². The fourth-order valence-electron chi connectivity index (χ4n) is 5.76. The van der Waals surface area contributed by atoms with Gasteiger partial charge in [-0.15, -0.1) is 0 Å². The molecular formula is C19H23F3O4S. The molecule has 3 aliphatic rings. The molecule has 3 aliphatic carbocycles. The number of aliphatic hydroxyl groups excluding tert-OH is 1. The zero-order valence-corrected chi connectivity index (χ0v) is 15.8. The molecule has 0 aromatic heterocycles. The predicted molar refractivity (Wildman–Crippen MR) is 92.7 cm³/mol. The SMILES string of the molecule is CC12CC[C@@H]3c4ccc(OS(=O)(=O)C(F)(F)F)cc4CCC3[C@@H]1CCC2O. The van der Waals surface area contributed by atoms with E-state index in [1.165, 1.54) is 12.1 Å². The lowest BCUT2D eigenvalue weighted by atomic mass is 9.55. The lowest BCUT2D eigenvalue weighted by Gasteiger charge is -2.50. The zero-order valence-electron chi connectivity index (χ0n) is 15.0. The van der Waals surface area contributed by atoms with Crippen LogP contribution in [0.1, 0.15) is 56.1 Å². The quantitative estimate of drug-likeness (QED) is 0.595. The van der Waals surface area contributed by atoms with E-state index < -0.39 is 15.6 Å². The largest absolute Gasteiger partial charge is 0.534 e. The summed E-state index contributed by atoms with van der Waals surface area (Å²) < 4.78 is 64.4. The molecule has 0 heterocycles. The second-order valence-electron chi connectivity index (χ2n) is 8.40. The summed E-state index contributed by atoms with van der Waals surface area (Å²) in [5, 5.41) is 10.4. The lowest BCUT2D eigenvalue weighted by Crippen LogP contribution is -2.43. The normalized spacial score (nSPS) is 35.9. The molecule has 8 heteroatoms. The average Bonchev–Trinajstić information content (AvgIpc) is 2.88. The van der Waals surface area contributed by atoms with Crippen LogP contribution < -0.4 is 4.18 Å². The van der Waals surface area contributed by atoms with Crippen molar-refractivity contribution in [2.45, 2.75) is 63.0 Å². The van der Waals surface area contributed by atoms with Gasteiger partial charge in [-0.1, -0.05) is 13.0 Å². The number of halogens is 3. The minimum Gasteiger partial charge on any atom is -0.393 e. The van der Waals surface area contributed by atoms with E-state index in [4.69, 9.17) is 0 Å². The lowest BCUT2D eigenvalue weighted by molar-refractivity contribution is -0.0500. The minimum absolute atomic E-state index is 0.0392. The first-order valence-corrected chi connectivity index (χ1v) is 10.8. The summed E-state index contributed by atoms with van der Waals surface area (Å²) in [4.78, 5) is 0. The van der Waals surface area contributed by atoms with Crippen LogP contribution in [0.5, 0.6) is 5.75 Å². The highest BCUT2D eigenvalue weighted by Crippen LogP contribution is 2.60. The second-order valence-corrected chi connectivity index (χ2v) is 9.93. The van der Waals surface area contributed by atoms with E-state index >= 15 is 0 Å². The number of aryl methyl sites for hydroxylation is 1. The number of benzene rings is 1. The molecule has 1 aromatic carbocycles. The Bertz CT molecular complexity index is 851. The highest BCUT2D eigenvalue weighted by molar-refractivity contribution is 7.88. The third-order valence-electron chi connectivity index (χ3n) is 7.14. The molecule has 0 aliphatic heterocycles. The molecule has 1 N–H and O–H groups in total. The molecule has 0 bridgehead atoms. The minimum atomic E-state index is -5.65. The van der Waals surface area contributed by atoms with E-state index in [0.29, 0.717) is 24.2 Å². The van der Waals surface area contributed by atoms with Crippen LogP contribution in [0.25, 0.3) is 0 Å². The number of rotatable bonds is 2.